The largest absolute Gasteiger partial charge is 0.385 e. The molecule has 1 aliphatic rings. The standard InChI is InChI=1S/C15H20N4O/c20-14(15-17-6-7-18-15)13-3-8-19(9-4-13)11-12-2-1-5-16-10-12/h1-2,5-7,10,13-14,20H,3-4,8-9,11H2,(H,17,18). The SMILES string of the molecule is OC(c1ncc[nH]1)C1CCN(Cc2cccnc2)CC1. The Balaban J connectivity index is 1.52. The van der Waals surface area contributed by atoms with Crippen LogP contribution in [0.3, 0.4) is 0 Å². The van der Waals surface area contributed by atoms with Gasteiger partial charge in [0.15, 0.2) is 0 Å². The molecule has 0 bridgehead atoms. The van der Waals surface area contributed by atoms with Gasteiger partial charge in [-0.25, -0.2) is 4.98 Å². The van der Waals surface area contributed by atoms with Crippen molar-refractivity contribution in [2.45, 2.75) is 25.5 Å². The summed E-state index contributed by atoms with van der Waals surface area (Å²) in [5.74, 6) is 0.988. The van der Waals surface area contributed by atoms with Crippen molar-refractivity contribution in [1.29, 1.82) is 0 Å². The monoisotopic (exact) mass is 272 g/mol. The van der Waals surface area contributed by atoms with Gasteiger partial charge in [0.05, 0.1) is 0 Å². The van der Waals surface area contributed by atoms with Gasteiger partial charge in [-0.15, -0.1) is 0 Å². The van der Waals surface area contributed by atoms with E-state index in [-0.39, 0.29) is 0 Å². The number of rotatable bonds is 4. The van der Waals surface area contributed by atoms with Gasteiger partial charge in [0.25, 0.3) is 0 Å². The molecule has 106 valence electrons. The smallest absolute Gasteiger partial charge is 0.135 e. The Labute approximate surface area is 118 Å². The molecule has 0 radical (unpaired) electrons. The molecule has 5 nitrogen and oxygen atoms in total. The summed E-state index contributed by atoms with van der Waals surface area (Å²) in [6, 6.07) is 4.08. The highest BCUT2D eigenvalue weighted by molar-refractivity contribution is 5.08. The maximum absolute atomic E-state index is 10.3. The molecule has 2 N–H and O–H groups in total. The van der Waals surface area contributed by atoms with Crippen molar-refractivity contribution in [2.75, 3.05) is 13.1 Å². The molecular weight excluding hydrogens is 252 g/mol. The molecule has 3 rings (SSSR count). The Kier molecular flexibility index (Phi) is 4.08. The molecule has 3 heterocycles. The van der Waals surface area contributed by atoms with Crippen LogP contribution in [0.4, 0.5) is 0 Å². The summed E-state index contributed by atoms with van der Waals surface area (Å²) in [7, 11) is 0. The van der Waals surface area contributed by atoms with Crippen LogP contribution in [0.1, 0.15) is 30.3 Å². The Bertz CT molecular complexity index is 506. The first-order valence-electron chi connectivity index (χ1n) is 7.11. The molecule has 1 fully saturated rings. The molecular formula is C15H20N4O. The summed E-state index contributed by atoms with van der Waals surface area (Å²) < 4.78 is 0. The van der Waals surface area contributed by atoms with E-state index in [1.807, 2.05) is 12.3 Å². The Morgan fingerprint density at radius 3 is 2.85 bits per heavy atom. The zero-order chi connectivity index (χ0) is 13.8. The lowest BCUT2D eigenvalue weighted by atomic mass is 9.90. The number of aromatic nitrogens is 3. The van der Waals surface area contributed by atoms with Crippen LogP contribution in [0.2, 0.25) is 0 Å². The highest BCUT2D eigenvalue weighted by Crippen LogP contribution is 2.29. The number of nitrogens with zero attached hydrogens (tertiary/aromatic N) is 3. The normalized spacial score (nSPS) is 19.1. The predicted molar refractivity (Wildman–Crippen MR) is 75.8 cm³/mol. The Hall–Kier alpha value is -1.72. The second kappa shape index (κ2) is 6.15. The number of hydrogen-bond acceptors (Lipinski definition) is 4. The maximum atomic E-state index is 10.3. The van der Waals surface area contributed by atoms with E-state index in [2.05, 4.69) is 25.9 Å². The molecule has 2 aromatic heterocycles. The first-order valence-corrected chi connectivity index (χ1v) is 7.11. The quantitative estimate of drug-likeness (QED) is 0.890. The van der Waals surface area contributed by atoms with E-state index in [1.165, 1.54) is 5.56 Å². The highest BCUT2D eigenvalue weighted by atomic mass is 16.3. The van der Waals surface area contributed by atoms with Gasteiger partial charge in [0.2, 0.25) is 0 Å². The fourth-order valence-corrected chi connectivity index (χ4v) is 2.84. The number of aliphatic hydroxyl groups excluding tert-OH is 1. The van der Waals surface area contributed by atoms with Crippen LogP contribution in [0.25, 0.3) is 0 Å². The van der Waals surface area contributed by atoms with Crippen molar-refractivity contribution >= 4 is 0 Å². The van der Waals surface area contributed by atoms with Crippen molar-refractivity contribution in [3.8, 4) is 0 Å². The summed E-state index contributed by atoms with van der Waals surface area (Å²) in [6.45, 7) is 2.96. The minimum absolute atomic E-state index is 0.297. The average Bonchev–Trinajstić information content (AvgIpc) is 3.03. The molecule has 1 saturated heterocycles. The van der Waals surface area contributed by atoms with Crippen molar-refractivity contribution < 1.29 is 5.11 Å². The number of nitrogens with one attached hydrogen (secondary N) is 1. The van der Waals surface area contributed by atoms with Gasteiger partial charge in [0, 0.05) is 31.3 Å². The molecule has 20 heavy (non-hydrogen) atoms. The van der Waals surface area contributed by atoms with E-state index in [9.17, 15) is 5.11 Å². The molecule has 1 aliphatic heterocycles. The van der Waals surface area contributed by atoms with E-state index in [0.717, 1.165) is 32.5 Å². The number of hydrogen-bond donors (Lipinski definition) is 2. The molecule has 0 spiro atoms. The maximum Gasteiger partial charge on any atom is 0.135 e. The van der Waals surface area contributed by atoms with E-state index < -0.39 is 6.10 Å². The molecule has 1 unspecified atom stereocenters. The summed E-state index contributed by atoms with van der Waals surface area (Å²) in [5.41, 5.74) is 1.25. The van der Waals surface area contributed by atoms with Crippen LogP contribution in [0.15, 0.2) is 36.9 Å². The minimum atomic E-state index is -0.467. The number of H-pyrrole nitrogens is 1. The third-order valence-electron chi connectivity index (χ3n) is 4.01. The minimum Gasteiger partial charge on any atom is -0.385 e. The van der Waals surface area contributed by atoms with Crippen LogP contribution in [-0.4, -0.2) is 38.0 Å². The second-order valence-corrected chi connectivity index (χ2v) is 5.39. The van der Waals surface area contributed by atoms with Gasteiger partial charge in [-0.1, -0.05) is 6.07 Å². The van der Waals surface area contributed by atoms with Crippen LogP contribution in [0, 0.1) is 5.92 Å². The van der Waals surface area contributed by atoms with Gasteiger partial charge < -0.3 is 10.1 Å². The number of pyridine rings is 1. The van der Waals surface area contributed by atoms with Crippen molar-refractivity contribution in [1.82, 2.24) is 19.9 Å². The first kappa shape index (κ1) is 13.3. The zero-order valence-electron chi connectivity index (χ0n) is 11.4. The topological polar surface area (TPSA) is 65.0 Å². The van der Waals surface area contributed by atoms with Crippen LogP contribution in [0.5, 0.6) is 0 Å². The second-order valence-electron chi connectivity index (χ2n) is 5.39. The van der Waals surface area contributed by atoms with Crippen molar-refractivity contribution in [2.24, 2.45) is 5.92 Å². The number of imidazole rings is 1. The number of aliphatic hydroxyl groups is 1. The summed E-state index contributed by atoms with van der Waals surface area (Å²) in [6.07, 6.45) is 8.71. The van der Waals surface area contributed by atoms with Crippen LogP contribution in [-0.2, 0) is 6.54 Å². The van der Waals surface area contributed by atoms with Crippen molar-refractivity contribution in [3.05, 3.63) is 48.3 Å². The molecule has 5 heteroatoms. The van der Waals surface area contributed by atoms with Gasteiger partial charge in [0.1, 0.15) is 11.9 Å². The number of likely N-dealkylation sites (tertiary alicyclic amines) is 1. The molecule has 0 aromatic carbocycles. The van der Waals surface area contributed by atoms with Crippen molar-refractivity contribution in [3.63, 3.8) is 0 Å². The van der Waals surface area contributed by atoms with Gasteiger partial charge in [-0.2, -0.15) is 0 Å². The van der Waals surface area contributed by atoms with Crippen LogP contribution < -0.4 is 0 Å². The molecule has 1 atom stereocenters. The van der Waals surface area contributed by atoms with Gasteiger partial charge in [-0.3, -0.25) is 9.88 Å². The molecule has 2 aromatic rings. The van der Waals surface area contributed by atoms with Gasteiger partial charge >= 0.3 is 0 Å². The third-order valence-corrected chi connectivity index (χ3v) is 4.01. The Morgan fingerprint density at radius 2 is 2.20 bits per heavy atom. The average molecular weight is 272 g/mol. The Morgan fingerprint density at radius 1 is 1.35 bits per heavy atom. The summed E-state index contributed by atoms with van der Waals surface area (Å²) >= 11 is 0. The van der Waals surface area contributed by atoms with E-state index in [4.69, 9.17) is 0 Å². The number of aromatic amines is 1. The van der Waals surface area contributed by atoms with Gasteiger partial charge in [-0.05, 0) is 43.5 Å². The summed E-state index contributed by atoms with van der Waals surface area (Å²) in [4.78, 5) is 13.7. The number of piperidine rings is 1. The third kappa shape index (κ3) is 3.05. The highest BCUT2D eigenvalue weighted by Gasteiger charge is 2.27. The predicted octanol–water partition coefficient (Wildman–Crippen LogP) is 1.75. The lowest BCUT2D eigenvalue weighted by Gasteiger charge is -2.33. The lowest BCUT2D eigenvalue weighted by Crippen LogP contribution is -2.35. The molecule has 0 amide bonds. The first-order chi connectivity index (χ1) is 9.83. The van der Waals surface area contributed by atoms with E-state index >= 15 is 0 Å². The van der Waals surface area contributed by atoms with E-state index in [1.54, 1.807) is 18.6 Å². The zero-order valence-corrected chi connectivity index (χ0v) is 11.4. The fraction of sp³-hybridized carbons (Fsp3) is 0.467. The molecule has 0 aliphatic carbocycles. The fourth-order valence-electron chi connectivity index (χ4n) is 2.84. The summed E-state index contributed by atoms with van der Waals surface area (Å²) in [5, 5.41) is 10.3. The van der Waals surface area contributed by atoms with Crippen LogP contribution >= 0.6 is 0 Å². The molecule has 0 saturated carbocycles. The van der Waals surface area contributed by atoms with E-state index in [0.29, 0.717) is 11.7 Å². The lowest BCUT2D eigenvalue weighted by molar-refractivity contribution is 0.0515.